The van der Waals surface area contributed by atoms with Crippen LogP contribution >= 0.6 is 0 Å². The molecule has 0 bridgehead atoms. The second-order valence-electron chi connectivity index (χ2n) is 6.02. The van der Waals surface area contributed by atoms with Gasteiger partial charge in [0.25, 0.3) is 0 Å². The number of ether oxygens (including phenoxy) is 1. The molecule has 0 aliphatic carbocycles. The van der Waals surface area contributed by atoms with Crippen LogP contribution in [-0.4, -0.2) is 12.6 Å². The number of nitriles is 1. The number of allylic oxidation sites excluding steroid dienone is 2. The van der Waals surface area contributed by atoms with E-state index >= 15 is 0 Å². The minimum absolute atomic E-state index is 0.252. The summed E-state index contributed by atoms with van der Waals surface area (Å²) in [6, 6.07) is 21.5. The zero-order valence-corrected chi connectivity index (χ0v) is 14.7. The topological polar surface area (TPSA) is 50.1 Å². The van der Waals surface area contributed by atoms with Gasteiger partial charge in [0, 0.05) is 0 Å². The SMILES string of the molecule is CCOC(=O)C(C#N)(C/C=C(/C)Cc1ccccc1)c1ccccc1. The molecular weight excluding hydrogens is 310 g/mol. The molecule has 128 valence electrons. The molecule has 3 heteroatoms. The van der Waals surface area contributed by atoms with Crippen molar-refractivity contribution < 1.29 is 9.53 Å². The third-order valence-corrected chi connectivity index (χ3v) is 4.16. The standard InChI is InChI=1S/C22H23NO2/c1-3-25-21(24)22(17-23,20-12-8-5-9-13-20)15-14-18(2)16-19-10-6-4-7-11-19/h4-14H,3,15-16H2,1-2H3/b18-14-. The molecule has 3 nitrogen and oxygen atoms in total. The molecule has 0 radical (unpaired) electrons. The molecule has 0 aliphatic heterocycles. The number of esters is 1. The lowest BCUT2D eigenvalue weighted by Crippen LogP contribution is -2.36. The molecule has 25 heavy (non-hydrogen) atoms. The van der Waals surface area contributed by atoms with E-state index in [1.165, 1.54) is 5.56 Å². The molecule has 1 atom stereocenters. The van der Waals surface area contributed by atoms with Crippen molar-refractivity contribution in [3.8, 4) is 6.07 Å². The molecule has 0 heterocycles. The Balaban J connectivity index is 2.28. The summed E-state index contributed by atoms with van der Waals surface area (Å²) in [4.78, 5) is 12.6. The first-order valence-electron chi connectivity index (χ1n) is 8.46. The zero-order valence-electron chi connectivity index (χ0n) is 14.7. The Morgan fingerprint density at radius 2 is 1.72 bits per heavy atom. The van der Waals surface area contributed by atoms with Gasteiger partial charge in [0.05, 0.1) is 12.7 Å². The van der Waals surface area contributed by atoms with Crippen LogP contribution in [0.1, 0.15) is 31.4 Å². The van der Waals surface area contributed by atoms with Gasteiger partial charge in [-0.05, 0) is 37.8 Å². The van der Waals surface area contributed by atoms with Gasteiger partial charge >= 0.3 is 5.97 Å². The molecule has 0 saturated heterocycles. The van der Waals surface area contributed by atoms with Crippen molar-refractivity contribution >= 4 is 5.97 Å². The molecule has 0 saturated carbocycles. The summed E-state index contributed by atoms with van der Waals surface area (Å²) in [7, 11) is 0. The predicted molar refractivity (Wildman–Crippen MR) is 98.9 cm³/mol. The minimum atomic E-state index is -1.31. The van der Waals surface area contributed by atoms with Crippen LogP contribution in [0.2, 0.25) is 0 Å². The van der Waals surface area contributed by atoms with E-state index in [9.17, 15) is 10.1 Å². The first-order valence-corrected chi connectivity index (χ1v) is 8.46. The summed E-state index contributed by atoms with van der Waals surface area (Å²) in [5, 5.41) is 9.85. The van der Waals surface area contributed by atoms with E-state index in [0.717, 1.165) is 12.0 Å². The predicted octanol–water partition coefficient (Wildman–Crippen LogP) is 4.59. The summed E-state index contributed by atoms with van der Waals surface area (Å²) >= 11 is 0. The van der Waals surface area contributed by atoms with Crippen LogP contribution < -0.4 is 0 Å². The van der Waals surface area contributed by atoms with E-state index in [-0.39, 0.29) is 6.61 Å². The van der Waals surface area contributed by atoms with Gasteiger partial charge in [0.15, 0.2) is 5.41 Å². The minimum Gasteiger partial charge on any atom is -0.465 e. The fourth-order valence-corrected chi connectivity index (χ4v) is 2.77. The van der Waals surface area contributed by atoms with Crippen molar-refractivity contribution in [1.82, 2.24) is 0 Å². The lowest BCUT2D eigenvalue weighted by Gasteiger charge is -2.24. The van der Waals surface area contributed by atoms with Gasteiger partial charge in [-0.3, -0.25) is 0 Å². The van der Waals surface area contributed by atoms with Gasteiger partial charge in [-0.15, -0.1) is 0 Å². The number of nitrogens with zero attached hydrogens (tertiary/aromatic N) is 1. The summed E-state index contributed by atoms with van der Waals surface area (Å²) in [6.45, 7) is 4.02. The third-order valence-electron chi connectivity index (χ3n) is 4.16. The Hall–Kier alpha value is -2.86. The highest BCUT2D eigenvalue weighted by molar-refractivity contribution is 5.87. The Kier molecular flexibility index (Phi) is 6.54. The van der Waals surface area contributed by atoms with Gasteiger partial charge < -0.3 is 4.74 Å². The summed E-state index contributed by atoms with van der Waals surface area (Å²) in [5.74, 6) is -0.493. The van der Waals surface area contributed by atoms with E-state index in [2.05, 4.69) is 18.2 Å². The van der Waals surface area contributed by atoms with E-state index < -0.39 is 11.4 Å². The van der Waals surface area contributed by atoms with Gasteiger partial charge in [-0.2, -0.15) is 5.26 Å². The fraction of sp³-hybridized carbons (Fsp3) is 0.273. The highest BCUT2D eigenvalue weighted by Gasteiger charge is 2.41. The highest BCUT2D eigenvalue weighted by Crippen LogP contribution is 2.30. The Morgan fingerprint density at radius 1 is 1.12 bits per heavy atom. The van der Waals surface area contributed by atoms with Crippen molar-refractivity contribution in [1.29, 1.82) is 5.26 Å². The molecular formula is C22H23NO2. The fourth-order valence-electron chi connectivity index (χ4n) is 2.77. The second-order valence-corrected chi connectivity index (χ2v) is 6.02. The monoisotopic (exact) mass is 333 g/mol. The molecule has 2 aromatic carbocycles. The molecule has 2 aromatic rings. The van der Waals surface area contributed by atoms with Gasteiger partial charge in [0.1, 0.15) is 0 Å². The summed E-state index contributed by atoms with van der Waals surface area (Å²) in [6.07, 6.45) is 3.06. The number of carbonyl (C=O) groups excluding carboxylic acids is 1. The van der Waals surface area contributed by atoms with Gasteiger partial charge in [-0.1, -0.05) is 72.3 Å². The Bertz CT molecular complexity index is 760. The van der Waals surface area contributed by atoms with Crippen LogP contribution in [0.15, 0.2) is 72.3 Å². The van der Waals surface area contributed by atoms with Crippen LogP contribution in [0.5, 0.6) is 0 Å². The van der Waals surface area contributed by atoms with Crippen LogP contribution in [0, 0.1) is 11.3 Å². The average molecular weight is 333 g/mol. The van der Waals surface area contributed by atoms with Crippen molar-refractivity contribution in [2.45, 2.75) is 32.1 Å². The molecule has 0 aromatic heterocycles. The summed E-state index contributed by atoms with van der Waals surface area (Å²) in [5.41, 5.74) is 1.68. The van der Waals surface area contributed by atoms with Gasteiger partial charge in [0.2, 0.25) is 0 Å². The van der Waals surface area contributed by atoms with E-state index in [0.29, 0.717) is 12.0 Å². The Labute approximate surface area is 149 Å². The van der Waals surface area contributed by atoms with E-state index in [1.807, 2.05) is 49.4 Å². The third kappa shape index (κ3) is 4.58. The largest absolute Gasteiger partial charge is 0.465 e. The lowest BCUT2D eigenvalue weighted by atomic mass is 9.78. The maximum Gasteiger partial charge on any atom is 0.331 e. The molecule has 0 fully saturated rings. The average Bonchev–Trinajstić information content (AvgIpc) is 2.64. The number of hydrogen-bond acceptors (Lipinski definition) is 3. The smallest absolute Gasteiger partial charge is 0.331 e. The Morgan fingerprint density at radius 3 is 2.28 bits per heavy atom. The van der Waals surface area contributed by atoms with Crippen molar-refractivity contribution in [3.05, 3.63) is 83.4 Å². The zero-order chi connectivity index (χ0) is 18.1. The van der Waals surface area contributed by atoms with E-state index in [1.54, 1.807) is 19.1 Å². The maximum atomic E-state index is 12.6. The molecule has 0 spiro atoms. The van der Waals surface area contributed by atoms with Crippen molar-refractivity contribution in [3.63, 3.8) is 0 Å². The first-order chi connectivity index (χ1) is 12.1. The molecule has 1 unspecified atom stereocenters. The normalized spacial score (nSPS) is 13.6. The highest BCUT2D eigenvalue weighted by atomic mass is 16.5. The van der Waals surface area contributed by atoms with Crippen molar-refractivity contribution in [2.75, 3.05) is 6.61 Å². The van der Waals surface area contributed by atoms with Gasteiger partial charge in [-0.25, -0.2) is 4.79 Å². The first kappa shape index (κ1) is 18.5. The maximum absolute atomic E-state index is 12.6. The van der Waals surface area contributed by atoms with Crippen molar-refractivity contribution in [2.24, 2.45) is 0 Å². The van der Waals surface area contributed by atoms with Crippen LogP contribution in [-0.2, 0) is 21.4 Å². The molecule has 2 rings (SSSR count). The number of carbonyl (C=O) groups is 1. The summed E-state index contributed by atoms with van der Waals surface area (Å²) < 4.78 is 5.21. The number of hydrogen-bond donors (Lipinski definition) is 0. The number of rotatable bonds is 7. The molecule has 0 aliphatic rings. The molecule has 0 N–H and O–H groups in total. The van der Waals surface area contributed by atoms with Crippen LogP contribution in [0.25, 0.3) is 0 Å². The number of benzene rings is 2. The second kappa shape index (κ2) is 8.84. The molecule has 0 amide bonds. The van der Waals surface area contributed by atoms with E-state index in [4.69, 9.17) is 4.74 Å². The lowest BCUT2D eigenvalue weighted by molar-refractivity contribution is -0.147. The quantitative estimate of drug-likeness (QED) is 0.550. The van der Waals surface area contributed by atoms with Crippen LogP contribution in [0.3, 0.4) is 0 Å². The van der Waals surface area contributed by atoms with Crippen LogP contribution in [0.4, 0.5) is 0 Å².